The summed E-state index contributed by atoms with van der Waals surface area (Å²) in [6, 6.07) is 17.4. The first-order valence-electron chi connectivity index (χ1n) is 10.6. The number of benzene rings is 3. The number of rotatable bonds is 10. The molecule has 0 aromatic heterocycles. The lowest BCUT2D eigenvalue weighted by Crippen LogP contribution is -2.41. The summed E-state index contributed by atoms with van der Waals surface area (Å²) >= 11 is 5.94. The van der Waals surface area contributed by atoms with E-state index < -0.39 is 22.5 Å². The van der Waals surface area contributed by atoms with Gasteiger partial charge >= 0.3 is 0 Å². The highest BCUT2D eigenvalue weighted by atomic mass is 35.5. The zero-order valence-corrected chi connectivity index (χ0v) is 21.4. The van der Waals surface area contributed by atoms with Crippen LogP contribution in [0, 0.1) is 0 Å². The van der Waals surface area contributed by atoms with Crippen molar-refractivity contribution in [2.45, 2.75) is 17.9 Å². The molecule has 0 aliphatic carbocycles. The van der Waals surface area contributed by atoms with Gasteiger partial charge in [-0.25, -0.2) is 8.42 Å². The first kappa shape index (κ1) is 26.2. The number of methoxy groups -OCH3 is 3. The molecule has 1 atom stereocenters. The number of hydrogen-bond donors (Lipinski definition) is 1. The third-order valence-electron chi connectivity index (χ3n) is 5.34. The minimum Gasteiger partial charge on any atom is -0.497 e. The van der Waals surface area contributed by atoms with Gasteiger partial charge < -0.3 is 19.5 Å². The molecule has 10 heteroatoms. The van der Waals surface area contributed by atoms with Gasteiger partial charge in [0.2, 0.25) is 5.91 Å². The van der Waals surface area contributed by atoms with Crippen molar-refractivity contribution in [3.05, 3.63) is 77.3 Å². The molecule has 8 nitrogen and oxygen atoms in total. The van der Waals surface area contributed by atoms with Gasteiger partial charge in [-0.05, 0) is 61.0 Å². The van der Waals surface area contributed by atoms with Crippen LogP contribution in [0.15, 0.2) is 71.6 Å². The smallest absolute Gasteiger partial charge is 0.264 e. The molecule has 0 saturated carbocycles. The molecule has 0 aliphatic heterocycles. The molecule has 0 bridgehead atoms. The Kier molecular flexibility index (Phi) is 8.48. The molecule has 3 aromatic rings. The summed E-state index contributed by atoms with van der Waals surface area (Å²) in [6.07, 6.45) is 0. The summed E-state index contributed by atoms with van der Waals surface area (Å²) in [4.78, 5) is 12.9. The van der Waals surface area contributed by atoms with Crippen LogP contribution in [0.4, 0.5) is 5.69 Å². The highest BCUT2D eigenvalue weighted by molar-refractivity contribution is 7.92. The first-order chi connectivity index (χ1) is 16.7. The van der Waals surface area contributed by atoms with Crippen LogP contribution >= 0.6 is 11.6 Å². The Balaban J connectivity index is 1.94. The normalized spacial score (nSPS) is 11.9. The maximum absolute atomic E-state index is 13.7. The van der Waals surface area contributed by atoms with E-state index in [2.05, 4.69) is 5.32 Å². The molecule has 0 fully saturated rings. The summed E-state index contributed by atoms with van der Waals surface area (Å²) in [7, 11) is 0.237. The Morgan fingerprint density at radius 1 is 0.914 bits per heavy atom. The van der Waals surface area contributed by atoms with Gasteiger partial charge in [-0.1, -0.05) is 23.7 Å². The van der Waals surface area contributed by atoms with Crippen molar-refractivity contribution in [1.82, 2.24) is 5.32 Å². The number of anilines is 1. The fraction of sp³-hybridized carbons (Fsp3) is 0.240. The van der Waals surface area contributed by atoms with Crippen molar-refractivity contribution in [2.24, 2.45) is 0 Å². The Morgan fingerprint density at radius 3 is 2.11 bits per heavy atom. The second-order valence-electron chi connectivity index (χ2n) is 7.57. The number of halogens is 1. The lowest BCUT2D eigenvalue weighted by atomic mass is 10.1. The van der Waals surface area contributed by atoms with E-state index in [1.165, 1.54) is 39.5 Å². The maximum atomic E-state index is 13.7. The van der Waals surface area contributed by atoms with Gasteiger partial charge in [0.1, 0.15) is 12.3 Å². The Labute approximate surface area is 210 Å². The zero-order valence-electron chi connectivity index (χ0n) is 19.8. The van der Waals surface area contributed by atoms with Crippen LogP contribution in [0.5, 0.6) is 17.2 Å². The van der Waals surface area contributed by atoms with Gasteiger partial charge in [0.05, 0.1) is 38.0 Å². The van der Waals surface area contributed by atoms with E-state index in [0.29, 0.717) is 22.2 Å². The van der Waals surface area contributed by atoms with Crippen molar-refractivity contribution in [3.63, 3.8) is 0 Å². The molecule has 0 saturated heterocycles. The number of nitrogens with one attached hydrogen (secondary N) is 1. The molecule has 1 amide bonds. The molecule has 0 aliphatic rings. The maximum Gasteiger partial charge on any atom is 0.264 e. The van der Waals surface area contributed by atoms with E-state index in [-0.39, 0.29) is 16.7 Å². The van der Waals surface area contributed by atoms with Crippen molar-refractivity contribution < 1.29 is 27.4 Å². The van der Waals surface area contributed by atoms with E-state index in [4.69, 9.17) is 25.8 Å². The van der Waals surface area contributed by atoms with Gasteiger partial charge in [0.25, 0.3) is 10.0 Å². The number of nitrogens with zero attached hydrogens (tertiary/aromatic N) is 1. The third-order valence-corrected chi connectivity index (χ3v) is 7.36. The lowest BCUT2D eigenvalue weighted by Gasteiger charge is -2.25. The molecule has 0 heterocycles. The number of sulfonamides is 1. The second-order valence-corrected chi connectivity index (χ2v) is 9.87. The fourth-order valence-electron chi connectivity index (χ4n) is 3.42. The van der Waals surface area contributed by atoms with Gasteiger partial charge in [-0.3, -0.25) is 9.10 Å². The minimum atomic E-state index is -4.15. The van der Waals surface area contributed by atoms with Crippen molar-refractivity contribution in [2.75, 3.05) is 32.2 Å². The van der Waals surface area contributed by atoms with Crippen molar-refractivity contribution in [3.8, 4) is 17.2 Å². The van der Waals surface area contributed by atoms with Crippen LogP contribution in [0.3, 0.4) is 0 Å². The number of ether oxygens (including phenoxy) is 3. The van der Waals surface area contributed by atoms with Gasteiger partial charge in [0.15, 0.2) is 11.5 Å². The summed E-state index contributed by atoms with van der Waals surface area (Å²) in [5.41, 5.74) is 1.14. The highest BCUT2D eigenvalue weighted by Crippen LogP contribution is 2.32. The van der Waals surface area contributed by atoms with E-state index in [1.54, 1.807) is 48.5 Å². The topological polar surface area (TPSA) is 94.2 Å². The fourth-order valence-corrected chi connectivity index (χ4v) is 4.98. The molecule has 3 rings (SSSR count). The largest absolute Gasteiger partial charge is 0.497 e. The van der Waals surface area contributed by atoms with Crippen LogP contribution < -0.4 is 23.8 Å². The first-order valence-corrected chi connectivity index (χ1v) is 12.4. The lowest BCUT2D eigenvalue weighted by molar-refractivity contribution is -0.120. The van der Waals surface area contributed by atoms with Crippen LogP contribution in [0.2, 0.25) is 5.02 Å². The molecular formula is C25H27ClN2O6S. The molecule has 1 N–H and O–H groups in total. The Hall–Kier alpha value is -3.43. The SMILES string of the molecule is COc1ccc(N(CC(=O)N[C@@H](C)c2ccc(Cl)cc2)S(=O)(=O)c2ccc(OC)c(OC)c2)cc1. The number of hydrogen-bond acceptors (Lipinski definition) is 6. The summed E-state index contributed by atoms with van der Waals surface area (Å²) in [6.45, 7) is 1.36. The van der Waals surface area contributed by atoms with E-state index in [1.807, 2.05) is 6.92 Å². The summed E-state index contributed by atoms with van der Waals surface area (Å²) in [5.74, 6) is 0.714. The van der Waals surface area contributed by atoms with Crippen LogP contribution in [0.25, 0.3) is 0 Å². The summed E-state index contributed by atoms with van der Waals surface area (Å²) < 4.78 is 44.1. The van der Waals surface area contributed by atoms with Crippen LogP contribution in [-0.2, 0) is 14.8 Å². The molecule has 35 heavy (non-hydrogen) atoms. The second kappa shape index (κ2) is 11.3. The highest BCUT2D eigenvalue weighted by Gasteiger charge is 2.29. The van der Waals surface area contributed by atoms with Crippen LogP contribution in [-0.4, -0.2) is 42.2 Å². The molecule has 3 aromatic carbocycles. The van der Waals surface area contributed by atoms with Gasteiger partial charge in [-0.2, -0.15) is 0 Å². The Morgan fingerprint density at radius 2 is 1.54 bits per heavy atom. The number of carbonyl (C=O) groups is 1. The molecule has 0 spiro atoms. The van der Waals surface area contributed by atoms with E-state index in [0.717, 1.165) is 9.87 Å². The molecular weight excluding hydrogens is 492 g/mol. The zero-order chi connectivity index (χ0) is 25.6. The monoisotopic (exact) mass is 518 g/mol. The number of amides is 1. The van der Waals surface area contributed by atoms with Gasteiger partial charge in [0, 0.05) is 11.1 Å². The average molecular weight is 519 g/mol. The van der Waals surface area contributed by atoms with Crippen molar-refractivity contribution in [1.29, 1.82) is 0 Å². The predicted octanol–water partition coefficient (Wildman–Crippen LogP) is 4.44. The third kappa shape index (κ3) is 6.17. The number of carbonyl (C=O) groups excluding carboxylic acids is 1. The molecule has 0 unspecified atom stereocenters. The Bertz CT molecular complexity index is 1260. The quantitative estimate of drug-likeness (QED) is 0.426. The minimum absolute atomic E-state index is 0.0514. The van der Waals surface area contributed by atoms with E-state index in [9.17, 15) is 13.2 Å². The summed E-state index contributed by atoms with van der Waals surface area (Å²) in [5, 5.41) is 3.43. The predicted molar refractivity (Wildman–Crippen MR) is 135 cm³/mol. The van der Waals surface area contributed by atoms with E-state index >= 15 is 0 Å². The van der Waals surface area contributed by atoms with Crippen molar-refractivity contribution >= 4 is 33.2 Å². The van der Waals surface area contributed by atoms with Crippen LogP contribution in [0.1, 0.15) is 18.5 Å². The molecule has 186 valence electrons. The molecule has 0 radical (unpaired) electrons. The van der Waals surface area contributed by atoms with Gasteiger partial charge in [-0.15, -0.1) is 0 Å². The standard InChI is InChI=1S/C25H27ClN2O6S/c1-17(18-5-7-19(26)8-6-18)27-25(29)16-28(20-9-11-21(32-2)12-10-20)35(30,31)22-13-14-23(33-3)24(15-22)34-4/h5-15,17H,16H2,1-4H3,(H,27,29)/t17-/m0/s1. The average Bonchev–Trinajstić information content (AvgIpc) is 2.87.